The lowest BCUT2D eigenvalue weighted by molar-refractivity contribution is -0.930. The van der Waals surface area contributed by atoms with Crippen molar-refractivity contribution in [3.8, 4) is 0 Å². The Bertz CT molecular complexity index is 212. The Morgan fingerprint density at radius 3 is 2.60 bits per heavy atom. The number of nitrogens with one attached hydrogen (secondary N) is 1. The van der Waals surface area contributed by atoms with Crippen molar-refractivity contribution in [2.45, 2.75) is 38.6 Å². The molecule has 3 nitrogen and oxygen atoms in total. The Hall–Kier alpha value is -0.570. The van der Waals surface area contributed by atoms with Gasteiger partial charge in [-0.3, -0.25) is 4.79 Å². The van der Waals surface area contributed by atoms with Gasteiger partial charge in [0.1, 0.15) is 0 Å². The van der Waals surface area contributed by atoms with Crippen molar-refractivity contribution < 1.29 is 9.69 Å². The van der Waals surface area contributed by atoms with E-state index >= 15 is 0 Å². The molecule has 1 amide bonds. The minimum Gasteiger partial charge on any atom is -0.334 e. The Kier molecular flexibility index (Phi) is 3.62. The zero-order valence-electron chi connectivity index (χ0n) is 9.74. The molecule has 3 heteroatoms. The summed E-state index contributed by atoms with van der Waals surface area (Å²) in [6, 6.07) is 0.877. The third-order valence-electron chi connectivity index (χ3n) is 4.10. The highest BCUT2D eigenvalue weighted by molar-refractivity contribution is 5.46. The standard InChI is InChI=1S/C12H22N2O/c1-11-3-2-4-12(9-11)14-7-5-13(10-15)6-8-14/h10-12H,2-9H2,1H3/p+1/t11-,12-/m0/s1. The average Bonchev–Trinajstić information content (AvgIpc) is 2.29. The molecular weight excluding hydrogens is 188 g/mol. The second kappa shape index (κ2) is 4.97. The number of carbonyl (C=O) groups is 1. The molecule has 2 aliphatic rings. The van der Waals surface area contributed by atoms with Crippen LogP contribution in [0.2, 0.25) is 0 Å². The van der Waals surface area contributed by atoms with Crippen LogP contribution in [-0.2, 0) is 4.79 Å². The van der Waals surface area contributed by atoms with E-state index in [4.69, 9.17) is 0 Å². The number of hydrogen-bond donors (Lipinski definition) is 1. The predicted molar refractivity (Wildman–Crippen MR) is 59.8 cm³/mol. The predicted octanol–water partition coefficient (Wildman–Crippen LogP) is -0.0780. The molecule has 0 aromatic heterocycles. The summed E-state index contributed by atoms with van der Waals surface area (Å²) >= 11 is 0. The van der Waals surface area contributed by atoms with E-state index in [1.165, 1.54) is 25.7 Å². The third kappa shape index (κ3) is 2.71. The summed E-state index contributed by atoms with van der Waals surface area (Å²) in [4.78, 5) is 14.3. The monoisotopic (exact) mass is 211 g/mol. The van der Waals surface area contributed by atoms with E-state index < -0.39 is 0 Å². The van der Waals surface area contributed by atoms with E-state index in [0.717, 1.165) is 44.5 Å². The maximum atomic E-state index is 10.6. The maximum absolute atomic E-state index is 10.6. The first kappa shape index (κ1) is 10.9. The zero-order valence-corrected chi connectivity index (χ0v) is 9.74. The molecule has 0 aromatic carbocycles. The highest BCUT2D eigenvalue weighted by atomic mass is 16.1. The topological polar surface area (TPSA) is 24.8 Å². The van der Waals surface area contributed by atoms with Gasteiger partial charge in [0.25, 0.3) is 0 Å². The number of hydrogen-bond acceptors (Lipinski definition) is 1. The van der Waals surface area contributed by atoms with Gasteiger partial charge in [0.2, 0.25) is 6.41 Å². The van der Waals surface area contributed by atoms with E-state index in [0.29, 0.717) is 0 Å². The van der Waals surface area contributed by atoms with E-state index in [-0.39, 0.29) is 0 Å². The molecule has 2 fully saturated rings. The Morgan fingerprint density at radius 1 is 1.27 bits per heavy atom. The molecule has 1 heterocycles. The van der Waals surface area contributed by atoms with Crippen molar-refractivity contribution in [2.75, 3.05) is 26.2 Å². The van der Waals surface area contributed by atoms with Crippen molar-refractivity contribution in [2.24, 2.45) is 5.92 Å². The zero-order chi connectivity index (χ0) is 10.7. The molecule has 1 aliphatic carbocycles. The van der Waals surface area contributed by atoms with Crippen LogP contribution in [0.25, 0.3) is 0 Å². The summed E-state index contributed by atoms with van der Waals surface area (Å²) in [6.07, 6.45) is 6.63. The van der Waals surface area contributed by atoms with Crippen molar-refractivity contribution >= 4 is 6.41 Å². The van der Waals surface area contributed by atoms with Gasteiger partial charge < -0.3 is 9.80 Å². The minimum atomic E-state index is 0.877. The van der Waals surface area contributed by atoms with E-state index in [1.807, 2.05) is 4.90 Å². The fourth-order valence-electron chi connectivity index (χ4n) is 3.13. The molecule has 0 unspecified atom stereocenters. The molecule has 2 rings (SSSR count). The second-order valence-corrected chi connectivity index (χ2v) is 5.27. The van der Waals surface area contributed by atoms with Crippen LogP contribution in [-0.4, -0.2) is 43.5 Å². The van der Waals surface area contributed by atoms with Crippen molar-refractivity contribution in [1.29, 1.82) is 0 Å². The first-order valence-corrected chi connectivity index (χ1v) is 6.33. The molecule has 15 heavy (non-hydrogen) atoms. The molecule has 0 bridgehead atoms. The number of quaternary nitrogens is 1. The van der Waals surface area contributed by atoms with Gasteiger partial charge in [-0.15, -0.1) is 0 Å². The molecule has 1 aliphatic heterocycles. The summed E-state index contributed by atoms with van der Waals surface area (Å²) in [5, 5.41) is 0. The molecule has 0 aromatic rings. The maximum Gasteiger partial charge on any atom is 0.210 e. The van der Waals surface area contributed by atoms with E-state index in [9.17, 15) is 4.79 Å². The van der Waals surface area contributed by atoms with Gasteiger partial charge in [-0.2, -0.15) is 0 Å². The van der Waals surface area contributed by atoms with E-state index in [2.05, 4.69) is 6.92 Å². The molecule has 1 saturated heterocycles. The lowest BCUT2D eigenvalue weighted by Gasteiger charge is -2.38. The first-order chi connectivity index (χ1) is 7.29. The molecule has 1 saturated carbocycles. The van der Waals surface area contributed by atoms with Crippen LogP contribution in [0.5, 0.6) is 0 Å². The number of rotatable bonds is 2. The normalized spacial score (nSPS) is 34.1. The van der Waals surface area contributed by atoms with Crippen molar-refractivity contribution in [1.82, 2.24) is 4.90 Å². The van der Waals surface area contributed by atoms with Crippen LogP contribution in [0.1, 0.15) is 32.6 Å². The van der Waals surface area contributed by atoms with Gasteiger partial charge in [0.05, 0.1) is 32.2 Å². The van der Waals surface area contributed by atoms with E-state index in [1.54, 1.807) is 4.90 Å². The number of nitrogens with zero attached hydrogens (tertiary/aromatic N) is 1. The van der Waals surface area contributed by atoms with Gasteiger partial charge in [-0.05, 0) is 18.8 Å². The number of carbonyl (C=O) groups excluding carboxylic acids is 1. The second-order valence-electron chi connectivity index (χ2n) is 5.27. The van der Waals surface area contributed by atoms with Crippen LogP contribution in [0, 0.1) is 5.92 Å². The van der Waals surface area contributed by atoms with Crippen LogP contribution < -0.4 is 4.90 Å². The first-order valence-electron chi connectivity index (χ1n) is 6.33. The molecule has 1 N–H and O–H groups in total. The molecule has 2 atom stereocenters. The van der Waals surface area contributed by atoms with Crippen molar-refractivity contribution in [3.05, 3.63) is 0 Å². The Balaban J connectivity index is 1.81. The van der Waals surface area contributed by atoms with Crippen LogP contribution in [0.3, 0.4) is 0 Å². The summed E-state index contributed by atoms with van der Waals surface area (Å²) in [7, 11) is 0. The summed E-state index contributed by atoms with van der Waals surface area (Å²) in [5.41, 5.74) is 0. The number of piperazine rings is 1. The minimum absolute atomic E-state index is 0.877. The van der Waals surface area contributed by atoms with Gasteiger partial charge in [-0.25, -0.2) is 0 Å². The fraction of sp³-hybridized carbons (Fsp3) is 0.917. The Morgan fingerprint density at radius 2 is 2.00 bits per heavy atom. The highest BCUT2D eigenvalue weighted by Gasteiger charge is 2.30. The lowest BCUT2D eigenvalue weighted by atomic mass is 9.86. The SMILES string of the molecule is C[C@H]1CCC[C@H]([NH+]2CCN(C=O)CC2)C1. The van der Waals surface area contributed by atoms with Gasteiger partial charge in [-0.1, -0.05) is 13.3 Å². The van der Waals surface area contributed by atoms with Crippen molar-refractivity contribution in [3.63, 3.8) is 0 Å². The Labute approximate surface area is 92.4 Å². The molecule has 86 valence electrons. The quantitative estimate of drug-likeness (QED) is 0.635. The fourth-order valence-corrected chi connectivity index (χ4v) is 3.13. The van der Waals surface area contributed by atoms with Crippen LogP contribution in [0.15, 0.2) is 0 Å². The average molecular weight is 211 g/mol. The molecule has 0 radical (unpaired) electrons. The third-order valence-corrected chi connectivity index (χ3v) is 4.10. The van der Waals surface area contributed by atoms with Crippen LogP contribution >= 0.6 is 0 Å². The molecule has 0 spiro atoms. The lowest BCUT2D eigenvalue weighted by Crippen LogP contribution is -3.18. The van der Waals surface area contributed by atoms with Gasteiger partial charge >= 0.3 is 0 Å². The highest BCUT2D eigenvalue weighted by Crippen LogP contribution is 2.21. The van der Waals surface area contributed by atoms with Crippen LogP contribution in [0.4, 0.5) is 0 Å². The summed E-state index contributed by atoms with van der Waals surface area (Å²) in [5.74, 6) is 0.917. The summed E-state index contributed by atoms with van der Waals surface area (Å²) in [6.45, 7) is 6.63. The largest absolute Gasteiger partial charge is 0.334 e. The summed E-state index contributed by atoms with van der Waals surface area (Å²) < 4.78 is 0. The number of amides is 1. The van der Waals surface area contributed by atoms with Gasteiger partial charge in [0.15, 0.2) is 0 Å². The smallest absolute Gasteiger partial charge is 0.210 e. The molecular formula is C12H23N2O+. The van der Waals surface area contributed by atoms with Gasteiger partial charge in [0, 0.05) is 6.42 Å².